The summed E-state index contributed by atoms with van der Waals surface area (Å²) in [5.41, 5.74) is 2.10. The zero-order valence-corrected chi connectivity index (χ0v) is 15.4. The van der Waals surface area contributed by atoms with E-state index < -0.39 is 0 Å². The number of halogens is 1. The Kier molecular flexibility index (Phi) is 6.21. The van der Waals surface area contributed by atoms with E-state index in [1.165, 1.54) is 18.4 Å². The molecule has 0 bridgehead atoms. The SMILES string of the molecule is CN(Cc1cnn(C)c1)CC1CCN(CCc2ccccc2F)CC1. The molecule has 2 aromatic rings. The Bertz CT molecular complexity index is 661. The molecule has 136 valence electrons. The third-order valence-corrected chi connectivity index (χ3v) is 5.14. The molecule has 0 spiro atoms. The molecule has 5 heteroatoms. The van der Waals surface area contributed by atoms with Crippen LogP contribution in [0, 0.1) is 11.7 Å². The molecule has 0 radical (unpaired) electrons. The minimum atomic E-state index is -0.0746. The maximum absolute atomic E-state index is 13.7. The van der Waals surface area contributed by atoms with Crippen LogP contribution in [0.5, 0.6) is 0 Å². The van der Waals surface area contributed by atoms with Gasteiger partial charge in [0.05, 0.1) is 6.20 Å². The first kappa shape index (κ1) is 18.1. The van der Waals surface area contributed by atoms with Crippen LogP contribution >= 0.6 is 0 Å². The molecule has 0 unspecified atom stereocenters. The van der Waals surface area contributed by atoms with Gasteiger partial charge in [0.25, 0.3) is 0 Å². The zero-order chi connectivity index (χ0) is 17.6. The van der Waals surface area contributed by atoms with Crippen LogP contribution in [0.4, 0.5) is 4.39 Å². The van der Waals surface area contributed by atoms with E-state index in [-0.39, 0.29) is 5.82 Å². The number of aromatic nitrogens is 2. The average Bonchev–Trinajstić information content (AvgIpc) is 3.00. The quantitative estimate of drug-likeness (QED) is 0.772. The summed E-state index contributed by atoms with van der Waals surface area (Å²) >= 11 is 0. The van der Waals surface area contributed by atoms with Crippen molar-refractivity contribution in [3.05, 3.63) is 53.6 Å². The molecule has 0 aliphatic carbocycles. The predicted octanol–water partition coefficient (Wildman–Crippen LogP) is 2.95. The summed E-state index contributed by atoms with van der Waals surface area (Å²) in [4.78, 5) is 4.88. The van der Waals surface area contributed by atoms with E-state index >= 15 is 0 Å². The lowest BCUT2D eigenvalue weighted by Crippen LogP contribution is -2.38. The van der Waals surface area contributed by atoms with Crippen LogP contribution in [-0.2, 0) is 20.0 Å². The fraction of sp³-hybridized carbons (Fsp3) is 0.550. The maximum atomic E-state index is 13.7. The summed E-state index contributed by atoms with van der Waals surface area (Å²) in [5, 5.41) is 4.23. The van der Waals surface area contributed by atoms with Crippen LogP contribution in [-0.4, -0.2) is 52.8 Å². The Morgan fingerprint density at radius 2 is 2.00 bits per heavy atom. The van der Waals surface area contributed by atoms with Crippen molar-refractivity contribution < 1.29 is 4.39 Å². The van der Waals surface area contributed by atoms with E-state index in [2.05, 4.69) is 28.1 Å². The van der Waals surface area contributed by atoms with Gasteiger partial charge >= 0.3 is 0 Å². The standard InChI is InChI=1S/C20H29FN4/c1-23(15-18-13-22-24(2)16-18)14-17-7-10-25(11-8-17)12-9-19-5-3-4-6-20(19)21/h3-6,13,16-17H,7-12,14-15H2,1-2H3. The Morgan fingerprint density at radius 3 is 2.68 bits per heavy atom. The van der Waals surface area contributed by atoms with Crippen molar-refractivity contribution in [1.82, 2.24) is 19.6 Å². The van der Waals surface area contributed by atoms with Crippen molar-refractivity contribution in [2.75, 3.05) is 33.2 Å². The van der Waals surface area contributed by atoms with Crippen molar-refractivity contribution in [3.8, 4) is 0 Å². The normalized spacial score (nSPS) is 16.6. The van der Waals surface area contributed by atoms with E-state index in [4.69, 9.17) is 0 Å². The first-order chi connectivity index (χ1) is 12.1. The number of rotatable bonds is 7. The molecule has 2 heterocycles. The monoisotopic (exact) mass is 344 g/mol. The van der Waals surface area contributed by atoms with Gasteiger partial charge in [-0.2, -0.15) is 5.10 Å². The van der Waals surface area contributed by atoms with E-state index in [0.29, 0.717) is 0 Å². The van der Waals surface area contributed by atoms with Crippen molar-refractivity contribution in [2.24, 2.45) is 13.0 Å². The van der Waals surface area contributed by atoms with Crippen LogP contribution in [0.1, 0.15) is 24.0 Å². The topological polar surface area (TPSA) is 24.3 Å². The lowest BCUT2D eigenvalue weighted by molar-refractivity contribution is 0.153. The second-order valence-corrected chi connectivity index (χ2v) is 7.35. The Balaban J connectivity index is 1.37. The summed E-state index contributed by atoms with van der Waals surface area (Å²) in [7, 11) is 4.15. The zero-order valence-electron chi connectivity index (χ0n) is 15.4. The molecule has 0 amide bonds. The first-order valence-corrected chi connectivity index (χ1v) is 9.22. The van der Waals surface area contributed by atoms with Gasteiger partial charge in [0.2, 0.25) is 0 Å². The fourth-order valence-corrected chi connectivity index (χ4v) is 3.74. The van der Waals surface area contributed by atoms with Crippen LogP contribution in [0.3, 0.4) is 0 Å². The summed E-state index contributed by atoms with van der Waals surface area (Å²) in [6.45, 7) is 5.30. The number of hydrogen-bond acceptors (Lipinski definition) is 3. The van der Waals surface area contributed by atoms with Gasteiger partial charge in [0.15, 0.2) is 0 Å². The van der Waals surface area contributed by atoms with E-state index in [0.717, 1.165) is 50.6 Å². The third-order valence-electron chi connectivity index (χ3n) is 5.14. The molecule has 25 heavy (non-hydrogen) atoms. The summed E-state index contributed by atoms with van der Waals surface area (Å²) in [6.07, 6.45) is 7.30. The highest BCUT2D eigenvalue weighted by molar-refractivity contribution is 5.17. The second kappa shape index (κ2) is 8.59. The molecule has 3 rings (SSSR count). The number of piperidine rings is 1. The maximum Gasteiger partial charge on any atom is 0.126 e. The smallest absolute Gasteiger partial charge is 0.126 e. The molecule has 1 aliphatic rings. The fourth-order valence-electron chi connectivity index (χ4n) is 3.74. The molecule has 0 N–H and O–H groups in total. The van der Waals surface area contributed by atoms with Crippen molar-refractivity contribution >= 4 is 0 Å². The molecule has 1 aliphatic heterocycles. The van der Waals surface area contributed by atoms with Gasteiger partial charge in [-0.1, -0.05) is 18.2 Å². The number of nitrogens with zero attached hydrogens (tertiary/aromatic N) is 4. The van der Waals surface area contributed by atoms with E-state index in [1.54, 1.807) is 12.1 Å². The molecule has 1 aromatic heterocycles. The highest BCUT2D eigenvalue weighted by Gasteiger charge is 2.20. The number of aryl methyl sites for hydroxylation is 1. The highest BCUT2D eigenvalue weighted by Crippen LogP contribution is 2.19. The summed E-state index contributed by atoms with van der Waals surface area (Å²) in [5.74, 6) is 0.681. The van der Waals surface area contributed by atoms with Crippen LogP contribution in [0.25, 0.3) is 0 Å². The minimum Gasteiger partial charge on any atom is -0.303 e. The number of benzene rings is 1. The highest BCUT2D eigenvalue weighted by atomic mass is 19.1. The van der Waals surface area contributed by atoms with Crippen LogP contribution in [0.15, 0.2) is 36.7 Å². The minimum absolute atomic E-state index is 0.0746. The van der Waals surface area contributed by atoms with Crippen LogP contribution < -0.4 is 0 Å². The molecular formula is C20H29FN4. The molecule has 0 saturated carbocycles. The van der Waals surface area contributed by atoms with Crippen molar-refractivity contribution in [3.63, 3.8) is 0 Å². The lowest BCUT2D eigenvalue weighted by Gasteiger charge is -2.33. The molecular weight excluding hydrogens is 315 g/mol. The van der Waals surface area contributed by atoms with Crippen molar-refractivity contribution in [2.45, 2.75) is 25.8 Å². The van der Waals surface area contributed by atoms with Gasteiger partial charge < -0.3 is 9.80 Å². The lowest BCUT2D eigenvalue weighted by atomic mass is 9.96. The molecule has 0 atom stereocenters. The van der Waals surface area contributed by atoms with Crippen LogP contribution in [0.2, 0.25) is 0 Å². The van der Waals surface area contributed by atoms with E-state index in [9.17, 15) is 4.39 Å². The third kappa shape index (κ3) is 5.38. The second-order valence-electron chi connectivity index (χ2n) is 7.35. The number of hydrogen-bond donors (Lipinski definition) is 0. The van der Waals surface area contributed by atoms with Crippen molar-refractivity contribution in [1.29, 1.82) is 0 Å². The van der Waals surface area contributed by atoms with E-state index in [1.807, 2.05) is 30.1 Å². The Morgan fingerprint density at radius 1 is 1.24 bits per heavy atom. The van der Waals surface area contributed by atoms with Gasteiger partial charge in [-0.15, -0.1) is 0 Å². The summed E-state index contributed by atoms with van der Waals surface area (Å²) < 4.78 is 15.6. The molecule has 1 fully saturated rings. The molecule has 4 nitrogen and oxygen atoms in total. The van der Waals surface area contributed by atoms with Gasteiger partial charge in [0, 0.05) is 38.4 Å². The predicted molar refractivity (Wildman–Crippen MR) is 98.8 cm³/mol. The molecule has 1 aromatic carbocycles. The van der Waals surface area contributed by atoms with Gasteiger partial charge in [-0.25, -0.2) is 4.39 Å². The molecule has 1 saturated heterocycles. The summed E-state index contributed by atoms with van der Waals surface area (Å²) in [6, 6.07) is 7.13. The Hall–Kier alpha value is -1.72. The largest absolute Gasteiger partial charge is 0.303 e. The number of likely N-dealkylation sites (tertiary alicyclic amines) is 1. The first-order valence-electron chi connectivity index (χ1n) is 9.22. The average molecular weight is 344 g/mol. The van der Waals surface area contributed by atoms with Gasteiger partial charge in [0.1, 0.15) is 5.82 Å². The Labute approximate surface area is 150 Å². The van der Waals surface area contributed by atoms with Gasteiger partial charge in [-0.3, -0.25) is 4.68 Å². The van der Waals surface area contributed by atoms with Gasteiger partial charge in [-0.05, 0) is 56.9 Å².